The van der Waals surface area contributed by atoms with E-state index >= 15 is 0 Å². The van der Waals surface area contributed by atoms with E-state index in [1.54, 1.807) is 12.1 Å². The van der Waals surface area contributed by atoms with Crippen molar-refractivity contribution in [2.45, 2.75) is 19.0 Å². The predicted octanol–water partition coefficient (Wildman–Crippen LogP) is 2.86. The van der Waals surface area contributed by atoms with E-state index in [0.29, 0.717) is 0 Å². The first-order valence-electron chi connectivity index (χ1n) is 4.03. The van der Waals surface area contributed by atoms with Crippen molar-refractivity contribution in [1.82, 2.24) is 0 Å². The van der Waals surface area contributed by atoms with Gasteiger partial charge in [0.1, 0.15) is 0 Å². The third-order valence-electron chi connectivity index (χ3n) is 1.71. The average molecular weight is 199 g/mol. The number of halogens is 3. The molecule has 74 valence electrons. The number of rotatable bonds is 2. The van der Waals surface area contributed by atoms with Crippen LogP contribution in [0.4, 0.5) is 13.2 Å². The van der Waals surface area contributed by atoms with Crippen LogP contribution in [0.3, 0.4) is 0 Å². The molecule has 1 aromatic rings. The van der Waals surface area contributed by atoms with Crippen molar-refractivity contribution in [1.29, 1.82) is 5.26 Å². The van der Waals surface area contributed by atoms with Gasteiger partial charge in [0.15, 0.2) is 0 Å². The standard InChI is InChI=1S/C10H8F3N/c11-10(12,13)7-9-3-1-8(2-4-9)5-6-14/h1-4H,5,7H2. The van der Waals surface area contributed by atoms with Crippen LogP contribution in [0.15, 0.2) is 24.3 Å². The summed E-state index contributed by atoms with van der Waals surface area (Å²) >= 11 is 0. The summed E-state index contributed by atoms with van der Waals surface area (Å²) in [6.45, 7) is 0. The van der Waals surface area contributed by atoms with E-state index in [0.717, 1.165) is 5.56 Å². The average Bonchev–Trinajstić information content (AvgIpc) is 2.06. The zero-order valence-corrected chi connectivity index (χ0v) is 7.30. The Morgan fingerprint density at radius 3 is 2.00 bits per heavy atom. The zero-order chi connectivity index (χ0) is 10.6. The molecule has 0 heterocycles. The lowest BCUT2D eigenvalue weighted by Gasteiger charge is -2.06. The van der Waals surface area contributed by atoms with Gasteiger partial charge in [-0.3, -0.25) is 0 Å². The first-order chi connectivity index (χ1) is 6.51. The van der Waals surface area contributed by atoms with Crippen LogP contribution < -0.4 is 0 Å². The highest BCUT2D eigenvalue weighted by molar-refractivity contribution is 5.24. The van der Waals surface area contributed by atoms with Crippen LogP contribution in [0.25, 0.3) is 0 Å². The Morgan fingerprint density at radius 1 is 1.07 bits per heavy atom. The second-order valence-electron chi connectivity index (χ2n) is 2.94. The summed E-state index contributed by atoms with van der Waals surface area (Å²) in [6, 6.07) is 7.83. The highest BCUT2D eigenvalue weighted by atomic mass is 19.4. The molecule has 0 N–H and O–H groups in total. The van der Waals surface area contributed by atoms with Crippen molar-refractivity contribution < 1.29 is 13.2 Å². The molecule has 14 heavy (non-hydrogen) atoms. The molecule has 0 amide bonds. The lowest BCUT2D eigenvalue weighted by molar-refractivity contribution is -0.127. The van der Waals surface area contributed by atoms with Crippen LogP contribution in [-0.4, -0.2) is 6.18 Å². The number of hydrogen-bond acceptors (Lipinski definition) is 1. The maximum Gasteiger partial charge on any atom is 0.393 e. The molecule has 4 heteroatoms. The SMILES string of the molecule is N#CCc1ccc(CC(F)(F)F)cc1. The molecule has 0 atom stereocenters. The molecular weight excluding hydrogens is 191 g/mol. The van der Waals surface area contributed by atoms with Crippen LogP contribution in [-0.2, 0) is 12.8 Å². The molecule has 1 aromatic carbocycles. The normalized spacial score (nSPS) is 11.0. The van der Waals surface area contributed by atoms with Gasteiger partial charge in [-0.15, -0.1) is 0 Å². The third kappa shape index (κ3) is 3.48. The summed E-state index contributed by atoms with van der Waals surface area (Å²) < 4.78 is 35.8. The molecule has 0 saturated carbocycles. The number of nitriles is 1. The maximum absolute atomic E-state index is 11.9. The van der Waals surface area contributed by atoms with Crippen molar-refractivity contribution in [3.05, 3.63) is 35.4 Å². The first kappa shape index (κ1) is 10.6. The molecule has 0 fully saturated rings. The summed E-state index contributed by atoms with van der Waals surface area (Å²) in [7, 11) is 0. The van der Waals surface area contributed by atoms with E-state index in [1.807, 2.05) is 6.07 Å². The highest BCUT2D eigenvalue weighted by Crippen LogP contribution is 2.21. The molecule has 0 spiro atoms. The number of alkyl halides is 3. The number of benzene rings is 1. The van der Waals surface area contributed by atoms with Crippen LogP contribution in [0.5, 0.6) is 0 Å². The molecule has 1 rings (SSSR count). The molecule has 0 saturated heterocycles. The van der Waals surface area contributed by atoms with E-state index in [1.165, 1.54) is 12.1 Å². The Bertz CT molecular complexity index is 332. The summed E-state index contributed by atoms with van der Waals surface area (Å²) in [5.74, 6) is 0. The lowest BCUT2D eigenvalue weighted by Crippen LogP contribution is -2.11. The van der Waals surface area contributed by atoms with Gasteiger partial charge in [-0.2, -0.15) is 18.4 Å². The molecule has 0 aliphatic carbocycles. The molecule has 0 bridgehead atoms. The first-order valence-corrected chi connectivity index (χ1v) is 4.03. The van der Waals surface area contributed by atoms with E-state index in [9.17, 15) is 13.2 Å². The number of hydrogen-bond donors (Lipinski definition) is 0. The van der Waals surface area contributed by atoms with Crippen LogP contribution in [0.2, 0.25) is 0 Å². The third-order valence-corrected chi connectivity index (χ3v) is 1.71. The van der Waals surface area contributed by atoms with Crippen LogP contribution in [0, 0.1) is 11.3 Å². The largest absolute Gasteiger partial charge is 0.393 e. The smallest absolute Gasteiger partial charge is 0.198 e. The summed E-state index contributed by atoms with van der Waals surface area (Å²) in [5.41, 5.74) is 0.956. The fourth-order valence-electron chi connectivity index (χ4n) is 1.10. The molecule has 0 unspecified atom stereocenters. The van der Waals surface area contributed by atoms with Gasteiger partial charge in [0.2, 0.25) is 0 Å². The van der Waals surface area contributed by atoms with Gasteiger partial charge in [0.25, 0.3) is 0 Å². The van der Waals surface area contributed by atoms with Crippen molar-refractivity contribution >= 4 is 0 Å². The fourth-order valence-corrected chi connectivity index (χ4v) is 1.10. The van der Waals surface area contributed by atoms with E-state index in [2.05, 4.69) is 0 Å². The summed E-state index contributed by atoms with van der Waals surface area (Å²) in [5, 5.41) is 8.35. The summed E-state index contributed by atoms with van der Waals surface area (Å²) in [4.78, 5) is 0. The van der Waals surface area contributed by atoms with Crippen LogP contribution in [0.1, 0.15) is 11.1 Å². The van der Waals surface area contributed by atoms with Crippen molar-refractivity contribution in [2.24, 2.45) is 0 Å². The Morgan fingerprint density at radius 2 is 1.57 bits per heavy atom. The van der Waals surface area contributed by atoms with Gasteiger partial charge in [-0.05, 0) is 11.1 Å². The lowest BCUT2D eigenvalue weighted by atomic mass is 10.1. The van der Waals surface area contributed by atoms with Crippen molar-refractivity contribution in [3.63, 3.8) is 0 Å². The fraction of sp³-hybridized carbons (Fsp3) is 0.300. The minimum absolute atomic E-state index is 0.221. The topological polar surface area (TPSA) is 23.8 Å². The monoisotopic (exact) mass is 199 g/mol. The molecule has 1 nitrogen and oxygen atoms in total. The van der Waals surface area contributed by atoms with Gasteiger partial charge in [0, 0.05) is 0 Å². The maximum atomic E-state index is 11.9. The van der Waals surface area contributed by atoms with Crippen molar-refractivity contribution in [2.75, 3.05) is 0 Å². The quantitative estimate of drug-likeness (QED) is 0.718. The number of nitrogens with zero attached hydrogens (tertiary/aromatic N) is 1. The van der Waals surface area contributed by atoms with Gasteiger partial charge in [-0.25, -0.2) is 0 Å². The van der Waals surface area contributed by atoms with Crippen LogP contribution >= 0.6 is 0 Å². The zero-order valence-electron chi connectivity index (χ0n) is 7.30. The Hall–Kier alpha value is -1.50. The summed E-state index contributed by atoms with van der Waals surface area (Å²) in [6.07, 6.45) is -4.86. The van der Waals surface area contributed by atoms with E-state index < -0.39 is 12.6 Å². The second kappa shape index (κ2) is 4.14. The van der Waals surface area contributed by atoms with Gasteiger partial charge < -0.3 is 0 Å². The molecule has 0 aliphatic rings. The Labute approximate surface area is 79.8 Å². The minimum atomic E-state index is -4.17. The Kier molecular flexibility index (Phi) is 3.13. The molecule has 0 aliphatic heterocycles. The highest BCUT2D eigenvalue weighted by Gasteiger charge is 2.27. The minimum Gasteiger partial charge on any atom is -0.198 e. The van der Waals surface area contributed by atoms with E-state index in [4.69, 9.17) is 5.26 Å². The predicted molar refractivity (Wildman–Crippen MR) is 45.5 cm³/mol. The van der Waals surface area contributed by atoms with Gasteiger partial charge in [-0.1, -0.05) is 24.3 Å². The Balaban J connectivity index is 2.70. The molecule has 0 radical (unpaired) electrons. The van der Waals surface area contributed by atoms with Gasteiger partial charge >= 0.3 is 6.18 Å². The van der Waals surface area contributed by atoms with Crippen molar-refractivity contribution in [3.8, 4) is 6.07 Å². The second-order valence-corrected chi connectivity index (χ2v) is 2.94. The molecule has 0 aromatic heterocycles. The molecular formula is C10H8F3N. The van der Waals surface area contributed by atoms with E-state index in [-0.39, 0.29) is 12.0 Å². The van der Waals surface area contributed by atoms with Gasteiger partial charge in [0.05, 0.1) is 18.9 Å².